The summed E-state index contributed by atoms with van der Waals surface area (Å²) in [4.78, 5) is 26.2. The third kappa shape index (κ3) is 5.83. The molecule has 0 aliphatic heterocycles. The fraction of sp³-hybridized carbons (Fsp3) is 0.476. The minimum atomic E-state index is -0.975. The highest BCUT2D eigenvalue weighted by Crippen LogP contribution is 2.35. The summed E-state index contributed by atoms with van der Waals surface area (Å²) >= 11 is 4.43. The van der Waals surface area contributed by atoms with Crippen molar-refractivity contribution in [1.29, 1.82) is 5.26 Å². The first-order chi connectivity index (χ1) is 14.3. The number of nitrogens with two attached hydrogens (primary N) is 1. The lowest BCUT2D eigenvalue weighted by Gasteiger charge is -2.27. The van der Waals surface area contributed by atoms with Crippen molar-refractivity contribution in [2.45, 2.75) is 50.9 Å². The van der Waals surface area contributed by atoms with Crippen LogP contribution in [-0.2, 0) is 9.53 Å². The van der Waals surface area contributed by atoms with Crippen LogP contribution in [0.5, 0.6) is 11.5 Å². The molecule has 2 atom stereocenters. The fourth-order valence-corrected chi connectivity index (χ4v) is 3.65. The van der Waals surface area contributed by atoms with Gasteiger partial charge in [-0.2, -0.15) is 17.9 Å². The van der Waals surface area contributed by atoms with E-state index in [1.165, 1.54) is 23.1 Å². The third-order valence-electron chi connectivity index (χ3n) is 4.95. The molecule has 1 saturated carbocycles. The van der Waals surface area contributed by atoms with E-state index in [0.717, 1.165) is 19.3 Å². The first-order valence-corrected chi connectivity index (χ1v) is 10.4. The lowest BCUT2D eigenvalue weighted by atomic mass is 9.97. The summed E-state index contributed by atoms with van der Waals surface area (Å²) < 4.78 is 10.5. The average molecular weight is 434 g/mol. The molecule has 0 heterocycles. The van der Waals surface area contributed by atoms with E-state index < -0.39 is 17.8 Å². The minimum Gasteiger partial charge on any atom is -0.503 e. The molecule has 8 nitrogen and oxygen atoms in total. The van der Waals surface area contributed by atoms with E-state index in [2.05, 4.69) is 12.6 Å². The predicted molar refractivity (Wildman–Crippen MR) is 116 cm³/mol. The number of ether oxygens (including phenoxy) is 2. The molecule has 9 heteroatoms. The van der Waals surface area contributed by atoms with Gasteiger partial charge in [0.15, 0.2) is 11.5 Å². The van der Waals surface area contributed by atoms with Crippen molar-refractivity contribution < 1.29 is 24.2 Å². The van der Waals surface area contributed by atoms with Gasteiger partial charge in [0.2, 0.25) is 0 Å². The summed E-state index contributed by atoms with van der Waals surface area (Å²) in [5, 5.41) is 19.5. The Labute approximate surface area is 181 Å². The molecule has 1 aliphatic rings. The van der Waals surface area contributed by atoms with Gasteiger partial charge in [-0.1, -0.05) is 6.42 Å². The number of carbonyl (C=O) groups is 2. The number of carbonyl (C=O) groups excluding carboxylic acids is 2. The van der Waals surface area contributed by atoms with E-state index in [1.807, 2.05) is 19.9 Å². The Morgan fingerprint density at radius 3 is 2.60 bits per heavy atom. The van der Waals surface area contributed by atoms with Gasteiger partial charge in [-0.15, -0.1) is 0 Å². The number of nitrogen functional groups attached to an aromatic ring is 1. The van der Waals surface area contributed by atoms with Crippen LogP contribution < -0.4 is 10.5 Å². The van der Waals surface area contributed by atoms with Crippen LogP contribution in [0.1, 0.15) is 45.1 Å². The van der Waals surface area contributed by atoms with Crippen LogP contribution in [0.2, 0.25) is 0 Å². The minimum absolute atomic E-state index is 0.0659. The van der Waals surface area contributed by atoms with Crippen molar-refractivity contribution in [3.8, 4) is 17.6 Å². The van der Waals surface area contributed by atoms with E-state index in [1.54, 1.807) is 0 Å². The van der Waals surface area contributed by atoms with Gasteiger partial charge in [-0.05, 0) is 56.9 Å². The van der Waals surface area contributed by atoms with Crippen LogP contribution in [0.15, 0.2) is 17.7 Å². The topological polar surface area (TPSA) is 126 Å². The molecule has 0 radical (unpaired) electrons. The van der Waals surface area contributed by atoms with Gasteiger partial charge in [0.05, 0.1) is 5.69 Å². The number of aromatic hydroxyl groups is 1. The zero-order valence-electron chi connectivity index (χ0n) is 17.1. The molecule has 0 aromatic heterocycles. The van der Waals surface area contributed by atoms with Gasteiger partial charge in [-0.3, -0.25) is 4.79 Å². The Balaban J connectivity index is 2.23. The number of anilines is 1. The Kier molecular flexibility index (Phi) is 8.42. The molecule has 30 heavy (non-hydrogen) atoms. The summed E-state index contributed by atoms with van der Waals surface area (Å²) in [6, 6.07) is 4.58. The molecule has 0 bridgehead atoms. The highest BCUT2D eigenvalue weighted by atomic mass is 32.1. The summed E-state index contributed by atoms with van der Waals surface area (Å²) in [6.07, 6.45) is 3.49. The predicted octanol–water partition coefficient (Wildman–Crippen LogP) is 3.51. The van der Waals surface area contributed by atoms with Crippen LogP contribution >= 0.6 is 12.6 Å². The maximum absolute atomic E-state index is 12.4. The molecule has 1 amide bonds. The molecule has 0 saturated heterocycles. The van der Waals surface area contributed by atoms with Crippen molar-refractivity contribution in [2.75, 3.05) is 18.8 Å². The maximum atomic E-state index is 12.4. The van der Waals surface area contributed by atoms with E-state index in [-0.39, 0.29) is 28.4 Å². The second-order valence-electron chi connectivity index (χ2n) is 6.96. The van der Waals surface area contributed by atoms with Gasteiger partial charge < -0.3 is 25.2 Å². The molecular formula is C21H27N3O5S. The van der Waals surface area contributed by atoms with Crippen molar-refractivity contribution in [3.05, 3.63) is 23.3 Å². The number of nitrogens with zero attached hydrogens (tertiary/aromatic N) is 2. The maximum Gasteiger partial charge on any atom is 0.514 e. The lowest BCUT2D eigenvalue weighted by Crippen LogP contribution is -2.31. The Morgan fingerprint density at radius 1 is 1.33 bits per heavy atom. The Morgan fingerprint density at radius 2 is 2.00 bits per heavy atom. The molecule has 0 spiro atoms. The van der Waals surface area contributed by atoms with Gasteiger partial charge in [0, 0.05) is 18.3 Å². The van der Waals surface area contributed by atoms with Crippen molar-refractivity contribution in [1.82, 2.24) is 4.90 Å². The number of hydrogen-bond donors (Lipinski definition) is 3. The number of phenolic OH excluding ortho intramolecular Hbond substituents is 1. The molecule has 162 valence electrons. The summed E-state index contributed by atoms with van der Waals surface area (Å²) in [7, 11) is 0. The Bertz CT molecular complexity index is 861. The van der Waals surface area contributed by atoms with Crippen molar-refractivity contribution >= 4 is 36.5 Å². The number of thiol groups is 1. The van der Waals surface area contributed by atoms with Crippen molar-refractivity contribution in [2.24, 2.45) is 0 Å². The normalized spacial score (nSPS) is 18.9. The smallest absolute Gasteiger partial charge is 0.503 e. The van der Waals surface area contributed by atoms with Crippen molar-refractivity contribution in [3.63, 3.8) is 0 Å². The molecule has 1 aromatic rings. The molecule has 1 aliphatic carbocycles. The van der Waals surface area contributed by atoms with E-state index in [9.17, 15) is 20.0 Å². The monoisotopic (exact) mass is 433 g/mol. The zero-order valence-corrected chi connectivity index (χ0v) is 18.0. The number of nitriles is 1. The van der Waals surface area contributed by atoms with Crippen LogP contribution in [0.4, 0.5) is 10.5 Å². The second kappa shape index (κ2) is 10.8. The highest BCUT2D eigenvalue weighted by Gasteiger charge is 2.27. The number of amides is 1. The summed E-state index contributed by atoms with van der Waals surface area (Å²) in [5.74, 6) is -1.07. The zero-order chi connectivity index (χ0) is 22.3. The number of hydrogen-bond acceptors (Lipinski definition) is 8. The molecule has 2 rings (SSSR count). The lowest BCUT2D eigenvalue weighted by molar-refractivity contribution is -0.126. The van der Waals surface area contributed by atoms with Gasteiger partial charge in [0.25, 0.3) is 5.91 Å². The van der Waals surface area contributed by atoms with Crippen LogP contribution in [0.25, 0.3) is 6.08 Å². The van der Waals surface area contributed by atoms with Crippen LogP contribution in [0.3, 0.4) is 0 Å². The largest absolute Gasteiger partial charge is 0.514 e. The molecule has 2 unspecified atom stereocenters. The second-order valence-corrected chi connectivity index (χ2v) is 7.63. The summed E-state index contributed by atoms with van der Waals surface area (Å²) in [6.45, 7) is 4.54. The summed E-state index contributed by atoms with van der Waals surface area (Å²) in [5.41, 5.74) is 5.97. The number of phenols is 1. The third-order valence-corrected chi connectivity index (χ3v) is 5.54. The SMILES string of the molecule is CCN(CC)C(=O)/C(C#N)=C/c1cc(N)c(O)c(OC(=O)OC2CCCCC2S)c1. The standard InChI is InChI=1S/C21H27N3O5S/c1-3-24(4-2)20(26)14(12-22)9-13-10-15(23)19(25)17(11-13)29-21(27)28-16-7-5-6-8-18(16)30/h9-11,16,18,25,30H,3-8,23H2,1-2H3/b14-9+. The average Bonchev–Trinajstić information content (AvgIpc) is 2.72. The molecular weight excluding hydrogens is 406 g/mol. The van der Waals surface area contributed by atoms with E-state index >= 15 is 0 Å². The van der Waals surface area contributed by atoms with E-state index in [4.69, 9.17) is 15.2 Å². The van der Waals surface area contributed by atoms with Gasteiger partial charge in [0.1, 0.15) is 17.7 Å². The van der Waals surface area contributed by atoms with Gasteiger partial charge in [-0.25, -0.2) is 4.79 Å². The highest BCUT2D eigenvalue weighted by molar-refractivity contribution is 7.81. The quantitative estimate of drug-likeness (QED) is 0.119. The number of rotatable bonds is 6. The molecule has 1 fully saturated rings. The Hall–Kier alpha value is -2.86. The van der Waals surface area contributed by atoms with Crippen LogP contribution in [0, 0.1) is 11.3 Å². The molecule has 3 N–H and O–H groups in total. The van der Waals surface area contributed by atoms with Crippen LogP contribution in [-0.4, -0.2) is 46.5 Å². The van der Waals surface area contributed by atoms with E-state index in [0.29, 0.717) is 25.1 Å². The number of benzene rings is 1. The van der Waals surface area contributed by atoms with Gasteiger partial charge >= 0.3 is 6.16 Å². The number of likely N-dealkylation sites (N-methyl/N-ethyl adjacent to an activating group) is 1. The first kappa shape index (κ1) is 23.4. The fourth-order valence-electron chi connectivity index (χ4n) is 3.25. The first-order valence-electron chi connectivity index (χ1n) is 9.90. The molecule has 1 aromatic carbocycles.